The molecular weight excluding hydrogens is 228 g/mol. The quantitative estimate of drug-likeness (QED) is 0.447. The summed E-state index contributed by atoms with van der Waals surface area (Å²) in [6, 6.07) is 0. The van der Waals surface area contributed by atoms with Crippen LogP contribution in [0.5, 0.6) is 0 Å². The molecule has 0 aliphatic heterocycles. The number of hydrogen-bond acceptors (Lipinski definition) is 6. The zero-order chi connectivity index (χ0) is 12.8. The van der Waals surface area contributed by atoms with E-state index in [1.165, 1.54) is 0 Å². The maximum atomic E-state index is 10.2. The summed E-state index contributed by atoms with van der Waals surface area (Å²) < 4.78 is 19.8. The molecule has 0 heterocycles. The van der Waals surface area contributed by atoms with Gasteiger partial charge in [-0.25, -0.2) is 4.79 Å². The first-order valence-corrected chi connectivity index (χ1v) is 5.54. The Morgan fingerprint density at radius 2 is 1.59 bits per heavy atom. The molecule has 3 N–H and O–H groups in total. The average molecular weight is 250 g/mol. The Hall–Kier alpha value is -0.890. The van der Waals surface area contributed by atoms with Gasteiger partial charge in [-0.3, -0.25) is 0 Å². The van der Waals surface area contributed by atoms with Gasteiger partial charge in [-0.1, -0.05) is 0 Å². The smallest absolute Gasteiger partial charge is 0.404 e. The molecule has 1 amide bonds. The second kappa shape index (κ2) is 13.2. The van der Waals surface area contributed by atoms with Gasteiger partial charge >= 0.3 is 6.09 Å². The van der Waals surface area contributed by atoms with Crippen molar-refractivity contribution >= 4 is 6.09 Å². The summed E-state index contributed by atoms with van der Waals surface area (Å²) in [4.78, 5) is 10.2. The predicted octanol–water partition coefficient (Wildman–Crippen LogP) is -0.649. The lowest BCUT2D eigenvalue weighted by atomic mass is 10.6. The normalized spacial score (nSPS) is 10.4. The van der Waals surface area contributed by atoms with Gasteiger partial charge in [0.25, 0.3) is 0 Å². The van der Waals surface area contributed by atoms with E-state index in [4.69, 9.17) is 19.9 Å². The summed E-state index contributed by atoms with van der Waals surface area (Å²) in [5.41, 5.74) is 4.79. The van der Waals surface area contributed by atoms with Gasteiger partial charge in [0, 0.05) is 20.2 Å². The zero-order valence-corrected chi connectivity index (χ0v) is 10.3. The lowest BCUT2D eigenvalue weighted by Gasteiger charge is -2.06. The van der Waals surface area contributed by atoms with Crippen LogP contribution in [0.4, 0.5) is 4.79 Å². The highest BCUT2D eigenvalue weighted by atomic mass is 16.5. The van der Waals surface area contributed by atoms with Crippen molar-refractivity contribution in [3.8, 4) is 0 Å². The molecule has 0 aromatic rings. The van der Waals surface area contributed by atoms with Crippen LogP contribution in [0, 0.1) is 0 Å². The van der Waals surface area contributed by atoms with Crippen molar-refractivity contribution < 1.29 is 23.7 Å². The molecule has 0 fully saturated rings. The fourth-order valence-electron chi connectivity index (χ4n) is 0.957. The number of nitrogens with two attached hydrogens (primary N) is 1. The second-order valence-electron chi connectivity index (χ2n) is 3.14. The molecule has 0 atom stereocenters. The van der Waals surface area contributed by atoms with Crippen molar-refractivity contribution in [3.63, 3.8) is 0 Å². The number of ether oxygens (including phenoxy) is 4. The molecule has 0 unspecified atom stereocenters. The third-order valence-corrected chi connectivity index (χ3v) is 1.75. The van der Waals surface area contributed by atoms with Crippen LogP contribution in [-0.4, -0.2) is 65.9 Å². The molecular formula is C10H22N2O5. The second-order valence-corrected chi connectivity index (χ2v) is 3.14. The monoisotopic (exact) mass is 250 g/mol. The molecule has 0 saturated carbocycles. The molecule has 0 rings (SSSR count). The van der Waals surface area contributed by atoms with Crippen molar-refractivity contribution in [2.24, 2.45) is 5.73 Å². The van der Waals surface area contributed by atoms with Gasteiger partial charge < -0.3 is 30.0 Å². The maximum Gasteiger partial charge on any atom is 0.404 e. The van der Waals surface area contributed by atoms with E-state index in [0.29, 0.717) is 46.1 Å². The van der Waals surface area contributed by atoms with Crippen molar-refractivity contribution in [1.82, 2.24) is 5.32 Å². The van der Waals surface area contributed by atoms with Crippen LogP contribution in [0.3, 0.4) is 0 Å². The van der Waals surface area contributed by atoms with Crippen molar-refractivity contribution in [2.45, 2.75) is 0 Å². The van der Waals surface area contributed by atoms with Gasteiger partial charge in [-0.2, -0.15) is 0 Å². The fraction of sp³-hybridized carbons (Fsp3) is 0.900. The van der Waals surface area contributed by atoms with E-state index < -0.39 is 6.09 Å². The van der Waals surface area contributed by atoms with E-state index in [9.17, 15) is 4.79 Å². The number of carbonyl (C=O) groups is 1. The molecule has 0 aliphatic rings. The third kappa shape index (κ3) is 15.1. The van der Waals surface area contributed by atoms with Crippen molar-refractivity contribution in [1.29, 1.82) is 0 Å². The number of methoxy groups -OCH3 is 1. The Morgan fingerprint density at radius 1 is 1.00 bits per heavy atom. The molecule has 0 aromatic heterocycles. The van der Waals surface area contributed by atoms with Gasteiger partial charge in [0.15, 0.2) is 0 Å². The van der Waals surface area contributed by atoms with E-state index in [1.807, 2.05) is 0 Å². The van der Waals surface area contributed by atoms with Gasteiger partial charge in [-0.05, 0) is 0 Å². The molecule has 0 aliphatic carbocycles. The van der Waals surface area contributed by atoms with Gasteiger partial charge in [0.05, 0.1) is 33.0 Å². The summed E-state index contributed by atoms with van der Waals surface area (Å²) in [6.45, 7) is 4.43. The van der Waals surface area contributed by atoms with E-state index in [2.05, 4.69) is 10.1 Å². The molecule has 0 bridgehead atoms. The number of nitrogens with one attached hydrogen (secondary N) is 1. The van der Waals surface area contributed by atoms with Crippen LogP contribution in [0.2, 0.25) is 0 Å². The zero-order valence-electron chi connectivity index (χ0n) is 10.3. The molecule has 0 spiro atoms. The Bertz CT molecular complexity index is 180. The summed E-state index contributed by atoms with van der Waals surface area (Å²) in [5, 5.41) is 3.03. The average Bonchev–Trinajstić information content (AvgIpc) is 2.30. The Labute approximate surface area is 102 Å². The van der Waals surface area contributed by atoms with E-state index in [0.717, 1.165) is 0 Å². The van der Waals surface area contributed by atoms with Gasteiger partial charge in [0.2, 0.25) is 0 Å². The third-order valence-electron chi connectivity index (χ3n) is 1.75. The number of carbonyl (C=O) groups excluding carboxylic acids is 1. The largest absolute Gasteiger partial charge is 0.448 e. The maximum absolute atomic E-state index is 10.2. The van der Waals surface area contributed by atoms with Gasteiger partial charge in [0.1, 0.15) is 6.61 Å². The topological polar surface area (TPSA) is 92.0 Å². The highest BCUT2D eigenvalue weighted by molar-refractivity contribution is 5.64. The van der Waals surface area contributed by atoms with Crippen molar-refractivity contribution in [3.05, 3.63) is 0 Å². The standard InChI is InChI=1S/C10H22N2O5/c1-14-6-7-16-9-8-15-4-2-12-3-5-17-10(11)13/h12H,2-9H2,1H3,(H2,11,13). The van der Waals surface area contributed by atoms with Crippen LogP contribution in [0.25, 0.3) is 0 Å². The predicted molar refractivity (Wildman–Crippen MR) is 61.9 cm³/mol. The SMILES string of the molecule is COCCOCCOCCNCCOC(N)=O. The number of rotatable bonds is 12. The highest BCUT2D eigenvalue weighted by Crippen LogP contribution is 1.79. The first-order chi connectivity index (χ1) is 8.27. The van der Waals surface area contributed by atoms with Gasteiger partial charge in [-0.15, -0.1) is 0 Å². The van der Waals surface area contributed by atoms with E-state index >= 15 is 0 Å². The molecule has 17 heavy (non-hydrogen) atoms. The summed E-state index contributed by atoms with van der Waals surface area (Å²) >= 11 is 0. The van der Waals surface area contributed by atoms with Crippen LogP contribution in [0.1, 0.15) is 0 Å². The van der Waals surface area contributed by atoms with Crippen LogP contribution in [0.15, 0.2) is 0 Å². The van der Waals surface area contributed by atoms with Crippen LogP contribution >= 0.6 is 0 Å². The fourth-order valence-corrected chi connectivity index (χ4v) is 0.957. The molecule has 7 nitrogen and oxygen atoms in total. The first kappa shape index (κ1) is 16.1. The Morgan fingerprint density at radius 3 is 2.24 bits per heavy atom. The molecule has 0 radical (unpaired) electrons. The van der Waals surface area contributed by atoms with Crippen LogP contribution in [-0.2, 0) is 18.9 Å². The molecule has 0 saturated heterocycles. The minimum atomic E-state index is -0.753. The lowest BCUT2D eigenvalue weighted by Crippen LogP contribution is -2.26. The summed E-state index contributed by atoms with van der Waals surface area (Å²) in [7, 11) is 1.63. The van der Waals surface area contributed by atoms with E-state index in [1.54, 1.807) is 7.11 Å². The highest BCUT2D eigenvalue weighted by Gasteiger charge is 1.93. The molecule has 7 heteroatoms. The Balaban J connectivity index is 2.91. The first-order valence-electron chi connectivity index (χ1n) is 5.54. The van der Waals surface area contributed by atoms with Crippen LogP contribution < -0.4 is 11.1 Å². The summed E-state index contributed by atoms with van der Waals surface area (Å²) in [5.74, 6) is 0. The minimum absolute atomic E-state index is 0.273. The lowest BCUT2D eigenvalue weighted by molar-refractivity contribution is 0.0254. The number of hydrogen-bond donors (Lipinski definition) is 2. The molecule has 102 valence electrons. The number of primary amides is 1. The van der Waals surface area contributed by atoms with E-state index in [-0.39, 0.29) is 6.61 Å². The number of amides is 1. The molecule has 0 aromatic carbocycles. The Kier molecular flexibility index (Phi) is 12.5. The summed E-state index contributed by atoms with van der Waals surface area (Å²) in [6.07, 6.45) is -0.753. The minimum Gasteiger partial charge on any atom is -0.448 e. The van der Waals surface area contributed by atoms with Crippen molar-refractivity contribution in [2.75, 3.05) is 59.8 Å².